The lowest BCUT2D eigenvalue weighted by Gasteiger charge is -2.33. The van der Waals surface area contributed by atoms with Gasteiger partial charge in [0.05, 0.1) is 13.2 Å². The second-order valence-corrected chi connectivity index (χ2v) is 8.32. The summed E-state index contributed by atoms with van der Waals surface area (Å²) in [7, 11) is 0. The highest BCUT2D eigenvalue weighted by atomic mass is 35.5. The number of hydrogen-bond donors (Lipinski definition) is 3. The molecule has 2 aliphatic carbocycles. The third-order valence-corrected chi connectivity index (χ3v) is 6.09. The van der Waals surface area contributed by atoms with Gasteiger partial charge in [0.1, 0.15) is 5.75 Å². The van der Waals surface area contributed by atoms with Crippen molar-refractivity contribution >= 4 is 18.3 Å². The molecule has 4 rings (SSSR count). The maximum Gasteiger partial charge on any atom is 0.258 e. The normalized spacial score (nSPS) is 26.6. The molecule has 2 saturated carbocycles. The summed E-state index contributed by atoms with van der Waals surface area (Å²) in [6.45, 7) is 3.75. The van der Waals surface area contributed by atoms with Crippen LogP contribution in [0.25, 0.3) is 0 Å². The van der Waals surface area contributed by atoms with Crippen LogP contribution >= 0.6 is 12.4 Å². The van der Waals surface area contributed by atoms with E-state index in [-0.39, 0.29) is 24.9 Å². The van der Waals surface area contributed by atoms with Gasteiger partial charge in [-0.25, -0.2) is 0 Å². The van der Waals surface area contributed by atoms with Gasteiger partial charge in [0.2, 0.25) is 0 Å². The molecular weight excluding hydrogens is 390 g/mol. The second kappa shape index (κ2) is 11.2. The summed E-state index contributed by atoms with van der Waals surface area (Å²) in [6.07, 6.45) is 7.06. The Bertz CT molecular complexity index is 633. The Balaban J connectivity index is 0.00000240. The number of halogens is 1. The number of hydrogen-bond acceptors (Lipinski definition) is 5. The van der Waals surface area contributed by atoms with Gasteiger partial charge in [-0.15, -0.1) is 12.4 Å². The first kappa shape index (κ1) is 22.3. The second-order valence-electron chi connectivity index (χ2n) is 8.32. The SMILES string of the molecule is Cl.O=C(COc1ccc(CCNC2CCCC2C2COCCN2)cc1)NC1CC1. The average Bonchev–Trinajstić information content (AvgIpc) is 3.42. The van der Waals surface area contributed by atoms with Crippen molar-refractivity contribution in [3.8, 4) is 5.75 Å². The molecule has 0 bridgehead atoms. The highest BCUT2D eigenvalue weighted by Gasteiger charge is 2.34. The monoisotopic (exact) mass is 423 g/mol. The molecule has 3 N–H and O–H groups in total. The third-order valence-electron chi connectivity index (χ3n) is 6.09. The van der Waals surface area contributed by atoms with Crippen molar-refractivity contribution in [1.82, 2.24) is 16.0 Å². The standard InChI is InChI=1S/C22H33N3O3.ClH/c26-22(25-17-6-7-17)15-28-18-8-4-16(5-9-18)10-11-23-20-3-1-2-19(20)21-14-27-13-12-24-21;/h4-5,8-9,17,19-21,23-24H,1-3,6-7,10-15H2,(H,25,26);1H. The molecule has 1 aromatic rings. The van der Waals surface area contributed by atoms with Gasteiger partial charge in [-0.2, -0.15) is 0 Å². The molecule has 1 aliphatic heterocycles. The number of rotatable bonds is 9. The van der Waals surface area contributed by atoms with E-state index in [1.165, 1.54) is 24.8 Å². The fourth-order valence-corrected chi connectivity index (χ4v) is 4.38. The molecule has 3 atom stereocenters. The number of ether oxygens (including phenoxy) is 2. The number of benzene rings is 1. The van der Waals surface area contributed by atoms with Crippen molar-refractivity contribution in [1.29, 1.82) is 0 Å². The van der Waals surface area contributed by atoms with Crippen LogP contribution in [0.4, 0.5) is 0 Å². The predicted molar refractivity (Wildman–Crippen MR) is 116 cm³/mol. The van der Waals surface area contributed by atoms with Crippen molar-refractivity contribution in [2.75, 3.05) is 32.9 Å². The average molecular weight is 424 g/mol. The Morgan fingerprint density at radius 3 is 2.72 bits per heavy atom. The molecule has 6 nitrogen and oxygen atoms in total. The minimum Gasteiger partial charge on any atom is -0.484 e. The van der Waals surface area contributed by atoms with Gasteiger partial charge in [0.15, 0.2) is 6.61 Å². The van der Waals surface area contributed by atoms with Crippen LogP contribution in [-0.2, 0) is 16.0 Å². The van der Waals surface area contributed by atoms with Crippen LogP contribution in [0.15, 0.2) is 24.3 Å². The molecule has 3 fully saturated rings. The van der Waals surface area contributed by atoms with Gasteiger partial charge in [0, 0.05) is 24.7 Å². The van der Waals surface area contributed by atoms with Crippen LogP contribution in [-0.4, -0.2) is 56.9 Å². The first-order valence-electron chi connectivity index (χ1n) is 10.8. The predicted octanol–water partition coefficient (Wildman–Crippen LogP) is 2.05. The molecule has 1 aromatic carbocycles. The minimum absolute atomic E-state index is 0. The lowest BCUT2D eigenvalue weighted by atomic mass is 9.94. The Morgan fingerprint density at radius 2 is 2.00 bits per heavy atom. The summed E-state index contributed by atoms with van der Waals surface area (Å²) in [5.41, 5.74) is 1.29. The summed E-state index contributed by atoms with van der Waals surface area (Å²) < 4.78 is 11.2. The molecule has 162 valence electrons. The summed E-state index contributed by atoms with van der Waals surface area (Å²) in [6, 6.07) is 9.58. The van der Waals surface area contributed by atoms with E-state index in [4.69, 9.17) is 9.47 Å². The van der Waals surface area contributed by atoms with Crippen LogP contribution in [0.5, 0.6) is 5.75 Å². The van der Waals surface area contributed by atoms with Crippen molar-refractivity contribution < 1.29 is 14.3 Å². The Kier molecular flexibility index (Phi) is 8.60. The summed E-state index contributed by atoms with van der Waals surface area (Å²) in [5.74, 6) is 1.40. The van der Waals surface area contributed by atoms with E-state index in [0.717, 1.165) is 51.3 Å². The van der Waals surface area contributed by atoms with Crippen LogP contribution in [0.2, 0.25) is 0 Å². The summed E-state index contributed by atoms with van der Waals surface area (Å²) >= 11 is 0. The zero-order valence-corrected chi connectivity index (χ0v) is 17.8. The first-order valence-corrected chi connectivity index (χ1v) is 10.8. The topological polar surface area (TPSA) is 71.6 Å². The van der Waals surface area contributed by atoms with E-state index in [2.05, 4.69) is 28.1 Å². The lowest BCUT2D eigenvalue weighted by Crippen LogP contribution is -2.51. The Hall–Kier alpha value is -1.34. The van der Waals surface area contributed by atoms with Crippen LogP contribution in [0.3, 0.4) is 0 Å². The van der Waals surface area contributed by atoms with E-state index in [0.29, 0.717) is 24.0 Å². The number of carbonyl (C=O) groups is 1. The maximum absolute atomic E-state index is 11.7. The molecule has 3 unspecified atom stereocenters. The van der Waals surface area contributed by atoms with E-state index in [1.54, 1.807) is 0 Å². The molecule has 7 heteroatoms. The largest absolute Gasteiger partial charge is 0.484 e. The van der Waals surface area contributed by atoms with Crippen molar-refractivity contribution in [3.63, 3.8) is 0 Å². The zero-order valence-electron chi connectivity index (χ0n) is 17.0. The van der Waals surface area contributed by atoms with Crippen LogP contribution < -0.4 is 20.7 Å². The van der Waals surface area contributed by atoms with E-state index < -0.39 is 0 Å². The molecule has 1 saturated heterocycles. The van der Waals surface area contributed by atoms with Gasteiger partial charge < -0.3 is 25.4 Å². The van der Waals surface area contributed by atoms with Crippen LogP contribution in [0, 0.1) is 5.92 Å². The number of amides is 1. The molecule has 3 aliphatic rings. The van der Waals surface area contributed by atoms with Crippen molar-refractivity contribution in [2.24, 2.45) is 5.92 Å². The van der Waals surface area contributed by atoms with Gasteiger partial charge in [0.25, 0.3) is 5.91 Å². The van der Waals surface area contributed by atoms with Crippen molar-refractivity contribution in [2.45, 2.75) is 56.7 Å². The number of carbonyl (C=O) groups excluding carboxylic acids is 1. The smallest absolute Gasteiger partial charge is 0.258 e. The molecule has 0 spiro atoms. The van der Waals surface area contributed by atoms with E-state index in [1.807, 2.05) is 12.1 Å². The first-order chi connectivity index (χ1) is 13.8. The molecule has 1 amide bonds. The van der Waals surface area contributed by atoms with Gasteiger partial charge >= 0.3 is 0 Å². The summed E-state index contributed by atoms with van der Waals surface area (Å²) in [4.78, 5) is 11.7. The zero-order chi connectivity index (χ0) is 19.2. The van der Waals surface area contributed by atoms with Crippen molar-refractivity contribution in [3.05, 3.63) is 29.8 Å². The molecule has 1 heterocycles. The van der Waals surface area contributed by atoms with E-state index in [9.17, 15) is 4.79 Å². The summed E-state index contributed by atoms with van der Waals surface area (Å²) in [5, 5.41) is 10.3. The van der Waals surface area contributed by atoms with E-state index >= 15 is 0 Å². The minimum atomic E-state index is -0.0280. The fourth-order valence-electron chi connectivity index (χ4n) is 4.38. The number of morpholine rings is 1. The molecule has 0 radical (unpaired) electrons. The Morgan fingerprint density at radius 1 is 1.17 bits per heavy atom. The highest BCUT2D eigenvalue weighted by molar-refractivity contribution is 5.85. The Labute approximate surface area is 179 Å². The molecule has 0 aromatic heterocycles. The third kappa shape index (κ3) is 6.85. The maximum atomic E-state index is 11.7. The van der Waals surface area contributed by atoms with Gasteiger partial charge in [-0.05, 0) is 62.3 Å². The van der Waals surface area contributed by atoms with Gasteiger partial charge in [-0.1, -0.05) is 18.6 Å². The molecule has 29 heavy (non-hydrogen) atoms. The lowest BCUT2D eigenvalue weighted by molar-refractivity contribution is -0.123. The van der Waals surface area contributed by atoms with Gasteiger partial charge in [-0.3, -0.25) is 4.79 Å². The molecular formula is C22H34ClN3O3. The number of nitrogens with one attached hydrogen (secondary N) is 3. The highest BCUT2D eigenvalue weighted by Crippen LogP contribution is 2.29. The fraction of sp³-hybridized carbons (Fsp3) is 0.682. The van der Waals surface area contributed by atoms with Crippen LogP contribution in [0.1, 0.15) is 37.7 Å². The quantitative estimate of drug-likeness (QED) is 0.567.